The van der Waals surface area contributed by atoms with Crippen LogP contribution in [0.3, 0.4) is 0 Å². The highest BCUT2D eigenvalue weighted by molar-refractivity contribution is 7.89. The van der Waals surface area contributed by atoms with Crippen LogP contribution in [0.5, 0.6) is 5.75 Å². The van der Waals surface area contributed by atoms with Crippen molar-refractivity contribution < 1.29 is 17.9 Å². The Labute approximate surface area is 124 Å². The van der Waals surface area contributed by atoms with Crippen molar-refractivity contribution in [2.75, 3.05) is 20.2 Å². The summed E-state index contributed by atoms with van der Waals surface area (Å²) in [5, 5.41) is 2.74. The predicted octanol–water partition coefficient (Wildman–Crippen LogP) is 0.890. The summed E-state index contributed by atoms with van der Waals surface area (Å²) in [6.07, 6.45) is 2.97. The summed E-state index contributed by atoms with van der Waals surface area (Å²) in [7, 11) is -2.03. The fraction of sp³-hybridized carbons (Fsp3) is 0.500. The van der Waals surface area contributed by atoms with Gasteiger partial charge in [-0.05, 0) is 37.1 Å². The summed E-state index contributed by atoms with van der Waals surface area (Å²) in [5.74, 6) is 0.731. The smallest absolute Gasteiger partial charge is 0.240 e. The van der Waals surface area contributed by atoms with Gasteiger partial charge in [-0.3, -0.25) is 4.79 Å². The van der Waals surface area contributed by atoms with Gasteiger partial charge < -0.3 is 10.1 Å². The standard InChI is InChI=1S/C14H20N2O4S/c1-20-12-5-7-13(8-6-12)21(18,19)16-10-9-15-14(17)11-3-2-4-11/h5-8,11,16H,2-4,9-10H2,1H3,(H,15,17). The molecule has 1 fully saturated rings. The number of carbonyl (C=O) groups excluding carboxylic acids is 1. The first-order valence-corrected chi connectivity index (χ1v) is 8.42. The summed E-state index contributed by atoms with van der Waals surface area (Å²) >= 11 is 0. The molecule has 21 heavy (non-hydrogen) atoms. The molecule has 2 N–H and O–H groups in total. The Morgan fingerprint density at radius 2 is 1.90 bits per heavy atom. The molecule has 0 unspecified atom stereocenters. The van der Waals surface area contributed by atoms with Crippen LogP contribution in [0.4, 0.5) is 0 Å². The topological polar surface area (TPSA) is 84.5 Å². The van der Waals surface area contributed by atoms with Gasteiger partial charge in [-0.25, -0.2) is 13.1 Å². The molecule has 0 bridgehead atoms. The maximum absolute atomic E-state index is 12.0. The van der Waals surface area contributed by atoms with Crippen LogP contribution in [0.1, 0.15) is 19.3 Å². The van der Waals surface area contributed by atoms with E-state index in [-0.39, 0.29) is 23.3 Å². The Kier molecular flexibility index (Phi) is 5.19. The number of methoxy groups -OCH3 is 1. The lowest BCUT2D eigenvalue weighted by Gasteiger charge is -2.24. The number of hydrogen-bond donors (Lipinski definition) is 2. The molecular weight excluding hydrogens is 292 g/mol. The molecule has 2 rings (SSSR count). The third-order valence-corrected chi connectivity index (χ3v) is 5.04. The molecular formula is C14H20N2O4S. The molecule has 1 aliphatic carbocycles. The van der Waals surface area contributed by atoms with Crippen molar-refractivity contribution in [1.82, 2.24) is 10.0 Å². The number of hydrogen-bond acceptors (Lipinski definition) is 4. The van der Waals surface area contributed by atoms with Crippen molar-refractivity contribution in [2.45, 2.75) is 24.2 Å². The molecule has 0 heterocycles. The monoisotopic (exact) mass is 312 g/mol. The van der Waals surface area contributed by atoms with Crippen LogP contribution in [-0.4, -0.2) is 34.5 Å². The zero-order chi connectivity index (χ0) is 15.3. The fourth-order valence-corrected chi connectivity index (χ4v) is 3.06. The molecule has 0 spiro atoms. The summed E-state index contributed by atoms with van der Waals surface area (Å²) in [6, 6.07) is 6.14. The van der Waals surface area contributed by atoms with E-state index in [4.69, 9.17) is 4.74 Å². The number of sulfonamides is 1. The largest absolute Gasteiger partial charge is 0.497 e. The number of rotatable bonds is 7. The number of ether oxygens (including phenoxy) is 1. The number of carbonyl (C=O) groups is 1. The van der Waals surface area contributed by atoms with E-state index in [0.29, 0.717) is 12.3 Å². The summed E-state index contributed by atoms with van der Waals surface area (Å²) in [6.45, 7) is 0.470. The highest BCUT2D eigenvalue weighted by Crippen LogP contribution is 2.25. The molecule has 0 aromatic heterocycles. The van der Waals surface area contributed by atoms with Crippen LogP contribution >= 0.6 is 0 Å². The van der Waals surface area contributed by atoms with E-state index in [1.165, 1.54) is 19.2 Å². The molecule has 1 aliphatic rings. The maximum Gasteiger partial charge on any atom is 0.240 e. The van der Waals surface area contributed by atoms with Gasteiger partial charge in [0.2, 0.25) is 15.9 Å². The van der Waals surface area contributed by atoms with Gasteiger partial charge in [-0.1, -0.05) is 6.42 Å². The molecule has 1 aromatic carbocycles. The first-order valence-electron chi connectivity index (χ1n) is 6.94. The lowest BCUT2D eigenvalue weighted by Crippen LogP contribution is -2.39. The van der Waals surface area contributed by atoms with E-state index in [1.807, 2.05) is 0 Å². The minimum atomic E-state index is -3.55. The minimum absolute atomic E-state index is 0.0184. The quantitative estimate of drug-likeness (QED) is 0.732. The van der Waals surface area contributed by atoms with Gasteiger partial charge in [-0.15, -0.1) is 0 Å². The Morgan fingerprint density at radius 1 is 1.24 bits per heavy atom. The Hall–Kier alpha value is -1.60. The second-order valence-electron chi connectivity index (χ2n) is 4.99. The van der Waals surface area contributed by atoms with Gasteiger partial charge in [0.05, 0.1) is 12.0 Å². The van der Waals surface area contributed by atoms with Crippen molar-refractivity contribution in [1.29, 1.82) is 0 Å². The molecule has 0 aliphatic heterocycles. The van der Waals surface area contributed by atoms with Gasteiger partial charge in [0.1, 0.15) is 5.75 Å². The molecule has 7 heteroatoms. The van der Waals surface area contributed by atoms with Crippen LogP contribution < -0.4 is 14.8 Å². The third kappa shape index (κ3) is 4.18. The van der Waals surface area contributed by atoms with Crippen molar-refractivity contribution in [2.24, 2.45) is 5.92 Å². The normalized spacial score (nSPS) is 15.3. The Morgan fingerprint density at radius 3 is 2.43 bits per heavy atom. The van der Waals surface area contributed by atoms with Crippen LogP contribution in [0.2, 0.25) is 0 Å². The van der Waals surface area contributed by atoms with E-state index in [2.05, 4.69) is 10.0 Å². The Balaban J connectivity index is 1.78. The molecule has 116 valence electrons. The van der Waals surface area contributed by atoms with Crippen LogP contribution in [0.15, 0.2) is 29.2 Å². The molecule has 1 saturated carbocycles. The highest BCUT2D eigenvalue weighted by Gasteiger charge is 2.24. The van der Waals surface area contributed by atoms with E-state index >= 15 is 0 Å². The van der Waals surface area contributed by atoms with E-state index in [9.17, 15) is 13.2 Å². The van der Waals surface area contributed by atoms with Gasteiger partial charge in [0.15, 0.2) is 0 Å². The van der Waals surface area contributed by atoms with Gasteiger partial charge in [-0.2, -0.15) is 0 Å². The van der Waals surface area contributed by atoms with Crippen molar-refractivity contribution in [3.05, 3.63) is 24.3 Å². The molecule has 6 nitrogen and oxygen atoms in total. The zero-order valence-electron chi connectivity index (χ0n) is 12.0. The van der Waals surface area contributed by atoms with E-state index in [1.54, 1.807) is 12.1 Å². The third-order valence-electron chi connectivity index (χ3n) is 3.56. The van der Waals surface area contributed by atoms with Crippen molar-refractivity contribution in [3.63, 3.8) is 0 Å². The predicted molar refractivity (Wildman–Crippen MR) is 78.5 cm³/mol. The SMILES string of the molecule is COc1ccc(S(=O)(=O)NCCNC(=O)C2CCC2)cc1. The van der Waals surface area contributed by atoms with Gasteiger partial charge >= 0.3 is 0 Å². The van der Waals surface area contributed by atoms with Crippen LogP contribution in [0, 0.1) is 5.92 Å². The summed E-state index contributed by atoms with van der Waals surface area (Å²) in [5.41, 5.74) is 0. The first kappa shape index (κ1) is 15.8. The van der Waals surface area contributed by atoms with Crippen LogP contribution in [0.25, 0.3) is 0 Å². The average Bonchev–Trinajstić information content (AvgIpc) is 2.42. The average molecular weight is 312 g/mol. The molecule has 0 radical (unpaired) electrons. The highest BCUT2D eigenvalue weighted by atomic mass is 32.2. The van der Waals surface area contributed by atoms with E-state index < -0.39 is 10.0 Å². The van der Waals surface area contributed by atoms with Crippen LogP contribution in [-0.2, 0) is 14.8 Å². The summed E-state index contributed by atoms with van der Waals surface area (Å²) in [4.78, 5) is 11.8. The van der Waals surface area contributed by atoms with Gasteiger partial charge in [0.25, 0.3) is 0 Å². The minimum Gasteiger partial charge on any atom is -0.497 e. The molecule has 1 aromatic rings. The maximum atomic E-state index is 12.0. The first-order chi connectivity index (χ1) is 10.0. The lowest BCUT2D eigenvalue weighted by atomic mass is 9.85. The second-order valence-corrected chi connectivity index (χ2v) is 6.76. The summed E-state index contributed by atoms with van der Waals surface area (Å²) < 4.78 is 31.5. The number of amides is 1. The second kappa shape index (κ2) is 6.91. The number of benzene rings is 1. The lowest BCUT2D eigenvalue weighted by molar-refractivity contribution is -0.127. The molecule has 0 saturated heterocycles. The Bertz CT molecular complexity index is 579. The van der Waals surface area contributed by atoms with Gasteiger partial charge in [0, 0.05) is 19.0 Å². The number of nitrogens with one attached hydrogen (secondary N) is 2. The van der Waals surface area contributed by atoms with Crippen molar-refractivity contribution >= 4 is 15.9 Å². The molecule has 1 amide bonds. The van der Waals surface area contributed by atoms with E-state index in [0.717, 1.165) is 19.3 Å². The zero-order valence-corrected chi connectivity index (χ0v) is 12.8. The molecule has 0 atom stereocenters. The van der Waals surface area contributed by atoms with Crippen molar-refractivity contribution in [3.8, 4) is 5.75 Å². The fourth-order valence-electron chi connectivity index (χ4n) is 2.02.